The Hall–Kier alpha value is -1.39. The fraction of sp³-hybridized carbons (Fsp3) is 0. The maximum Gasteiger partial charge on any atom is 0.228 e. The molecule has 5 heteroatoms. The molecule has 42 valence electrons. The number of carbonyl (C=O) groups excluding carboxylic acids is 1. The smallest absolute Gasteiger partial charge is 0.228 e. The zero-order valence-corrected chi connectivity index (χ0v) is 3.98. The van der Waals surface area contributed by atoms with E-state index in [1.54, 1.807) is 0 Å². The fourth-order valence-corrected chi connectivity index (χ4v) is 0.330. The predicted octanol–water partition coefficient (Wildman–Crippen LogP) is -1.02. The van der Waals surface area contributed by atoms with Crippen LogP contribution in [0.2, 0.25) is 0 Å². The van der Waals surface area contributed by atoms with Gasteiger partial charge in [0.15, 0.2) is 0 Å². The number of nitrogens with zero attached hydrogens (tertiary/aromatic N) is 3. The van der Waals surface area contributed by atoms with Gasteiger partial charge in [-0.1, -0.05) is 4.91 Å². The van der Waals surface area contributed by atoms with Gasteiger partial charge in [-0.3, -0.25) is 4.79 Å². The highest BCUT2D eigenvalue weighted by atomic mass is 16.1. The van der Waals surface area contributed by atoms with E-state index in [1.807, 2.05) is 0 Å². The highest BCUT2D eigenvalue weighted by Gasteiger charge is 1.80. The first kappa shape index (κ1) is 4.76. The van der Waals surface area contributed by atoms with Gasteiger partial charge in [-0.2, -0.15) is 0 Å². The Morgan fingerprint density at radius 1 is 1.50 bits per heavy atom. The molecule has 0 unspecified atom stereocenters. The average molecular weight is 112 g/mol. The SMILES string of the molecule is O=CNn1nccn1. The zero-order chi connectivity index (χ0) is 5.82. The first-order chi connectivity index (χ1) is 3.93. The van der Waals surface area contributed by atoms with Crippen molar-refractivity contribution in [1.82, 2.24) is 15.1 Å². The Morgan fingerprint density at radius 2 is 2.12 bits per heavy atom. The molecule has 5 nitrogen and oxygen atoms in total. The third kappa shape index (κ3) is 0.810. The quantitative estimate of drug-likeness (QED) is 0.498. The predicted molar refractivity (Wildman–Crippen MR) is 25.4 cm³/mol. The van der Waals surface area contributed by atoms with Crippen LogP contribution in [0.4, 0.5) is 0 Å². The minimum atomic E-state index is 0.500. The number of aromatic nitrogens is 3. The molecule has 0 bridgehead atoms. The van der Waals surface area contributed by atoms with Gasteiger partial charge < -0.3 is 0 Å². The maximum atomic E-state index is 9.66. The van der Waals surface area contributed by atoms with Crippen LogP contribution in [0.3, 0.4) is 0 Å². The second-order valence-corrected chi connectivity index (χ2v) is 1.07. The second-order valence-electron chi connectivity index (χ2n) is 1.07. The largest absolute Gasteiger partial charge is 0.277 e. The number of rotatable bonds is 2. The van der Waals surface area contributed by atoms with Crippen LogP contribution in [0.5, 0.6) is 0 Å². The summed E-state index contributed by atoms with van der Waals surface area (Å²) in [6.07, 6.45) is 3.44. The van der Waals surface area contributed by atoms with Crippen LogP contribution in [-0.2, 0) is 4.79 Å². The van der Waals surface area contributed by atoms with Gasteiger partial charge in [-0.15, -0.1) is 10.2 Å². The minimum Gasteiger partial charge on any atom is -0.277 e. The van der Waals surface area contributed by atoms with Crippen molar-refractivity contribution in [1.29, 1.82) is 0 Å². The van der Waals surface area contributed by atoms with Crippen LogP contribution >= 0.6 is 0 Å². The lowest BCUT2D eigenvalue weighted by Gasteiger charge is -1.88. The summed E-state index contributed by atoms with van der Waals surface area (Å²) in [7, 11) is 0. The van der Waals surface area contributed by atoms with Gasteiger partial charge in [0.25, 0.3) is 0 Å². The molecule has 8 heavy (non-hydrogen) atoms. The van der Waals surface area contributed by atoms with Crippen LogP contribution in [-0.4, -0.2) is 21.5 Å². The van der Waals surface area contributed by atoms with Crippen molar-refractivity contribution in [3.05, 3.63) is 12.4 Å². The fourth-order valence-electron chi connectivity index (χ4n) is 0.330. The molecule has 1 rings (SSSR count). The van der Waals surface area contributed by atoms with E-state index in [4.69, 9.17) is 0 Å². The standard InChI is InChI=1S/C3H4N4O/c8-3-6-7-4-1-2-5-7/h1-3H,(H,6,8). The first-order valence-corrected chi connectivity index (χ1v) is 2.00. The Balaban J connectivity index is 2.62. The topological polar surface area (TPSA) is 59.8 Å². The summed E-state index contributed by atoms with van der Waals surface area (Å²) < 4.78 is 0. The van der Waals surface area contributed by atoms with Crippen molar-refractivity contribution in [2.75, 3.05) is 5.43 Å². The summed E-state index contributed by atoms with van der Waals surface area (Å²) in [4.78, 5) is 10.7. The molecule has 0 saturated carbocycles. The van der Waals surface area contributed by atoms with Crippen molar-refractivity contribution in [2.24, 2.45) is 0 Å². The number of carbonyl (C=O) groups is 1. The zero-order valence-electron chi connectivity index (χ0n) is 3.98. The Morgan fingerprint density at radius 3 is 2.62 bits per heavy atom. The summed E-state index contributed by atoms with van der Waals surface area (Å²) in [5.41, 5.74) is 2.20. The Kier molecular flexibility index (Phi) is 1.23. The van der Waals surface area contributed by atoms with Gasteiger partial charge in [-0.25, -0.2) is 5.43 Å². The molecule has 0 spiro atoms. The van der Waals surface area contributed by atoms with Crippen LogP contribution in [0.25, 0.3) is 0 Å². The first-order valence-electron chi connectivity index (χ1n) is 2.00. The molecular weight excluding hydrogens is 108 g/mol. The summed E-state index contributed by atoms with van der Waals surface area (Å²) in [5, 5.41) is 7.14. The minimum absolute atomic E-state index is 0.500. The van der Waals surface area contributed by atoms with Crippen molar-refractivity contribution in [3.8, 4) is 0 Å². The van der Waals surface area contributed by atoms with E-state index < -0.39 is 0 Å². The average Bonchev–Trinajstić information content (AvgIpc) is 2.19. The van der Waals surface area contributed by atoms with Gasteiger partial charge in [-0.05, 0) is 0 Å². The third-order valence-electron chi connectivity index (χ3n) is 0.587. The van der Waals surface area contributed by atoms with Crippen molar-refractivity contribution < 1.29 is 4.79 Å². The van der Waals surface area contributed by atoms with E-state index in [0.29, 0.717) is 6.41 Å². The Bertz CT molecular complexity index is 158. The summed E-state index contributed by atoms with van der Waals surface area (Å²) in [6.45, 7) is 0. The van der Waals surface area contributed by atoms with Crippen LogP contribution in [0.15, 0.2) is 12.4 Å². The van der Waals surface area contributed by atoms with E-state index in [1.165, 1.54) is 12.4 Å². The third-order valence-corrected chi connectivity index (χ3v) is 0.587. The maximum absolute atomic E-state index is 9.66. The van der Waals surface area contributed by atoms with Gasteiger partial charge >= 0.3 is 0 Å². The lowest BCUT2D eigenvalue weighted by molar-refractivity contribution is -0.106. The lowest BCUT2D eigenvalue weighted by Crippen LogP contribution is -2.14. The molecule has 0 aliphatic rings. The number of amides is 1. The number of hydrogen-bond donors (Lipinski definition) is 1. The van der Waals surface area contributed by atoms with E-state index in [2.05, 4.69) is 15.6 Å². The van der Waals surface area contributed by atoms with E-state index in [-0.39, 0.29) is 0 Å². The highest BCUT2D eigenvalue weighted by molar-refractivity contribution is 5.55. The van der Waals surface area contributed by atoms with E-state index >= 15 is 0 Å². The van der Waals surface area contributed by atoms with Crippen LogP contribution in [0.1, 0.15) is 0 Å². The molecule has 1 aromatic rings. The van der Waals surface area contributed by atoms with Gasteiger partial charge in [0.2, 0.25) is 6.41 Å². The van der Waals surface area contributed by atoms with Gasteiger partial charge in [0, 0.05) is 0 Å². The van der Waals surface area contributed by atoms with Crippen LogP contribution < -0.4 is 5.43 Å². The number of hydrogen-bond acceptors (Lipinski definition) is 3. The molecule has 1 heterocycles. The molecule has 0 radical (unpaired) electrons. The lowest BCUT2D eigenvalue weighted by atomic mass is 11.0. The van der Waals surface area contributed by atoms with Gasteiger partial charge in [0.1, 0.15) is 0 Å². The normalized spacial score (nSPS) is 8.50. The van der Waals surface area contributed by atoms with E-state index in [0.717, 1.165) is 4.91 Å². The van der Waals surface area contributed by atoms with Gasteiger partial charge in [0.05, 0.1) is 12.4 Å². The molecule has 1 N–H and O–H groups in total. The summed E-state index contributed by atoms with van der Waals surface area (Å²) in [6, 6.07) is 0. The molecule has 0 atom stereocenters. The molecule has 0 saturated heterocycles. The monoisotopic (exact) mass is 112 g/mol. The molecule has 0 fully saturated rings. The summed E-state index contributed by atoms with van der Waals surface area (Å²) in [5.74, 6) is 0. The number of nitrogens with one attached hydrogen (secondary N) is 1. The molecule has 0 aromatic carbocycles. The second kappa shape index (κ2) is 2.06. The summed E-state index contributed by atoms with van der Waals surface area (Å²) >= 11 is 0. The Labute approximate surface area is 45.3 Å². The molecule has 0 aliphatic heterocycles. The highest BCUT2D eigenvalue weighted by Crippen LogP contribution is 1.66. The molecule has 1 aromatic heterocycles. The van der Waals surface area contributed by atoms with Crippen molar-refractivity contribution in [2.45, 2.75) is 0 Å². The van der Waals surface area contributed by atoms with Crippen molar-refractivity contribution >= 4 is 6.41 Å². The molecular formula is C3H4N4O. The van der Waals surface area contributed by atoms with Crippen molar-refractivity contribution in [3.63, 3.8) is 0 Å². The van der Waals surface area contributed by atoms with E-state index in [9.17, 15) is 4.79 Å². The molecule has 0 aliphatic carbocycles. The molecule has 1 amide bonds. The van der Waals surface area contributed by atoms with Crippen LogP contribution in [0, 0.1) is 0 Å².